The maximum Gasteiger partial charge on any atom is 0.0558 e. The highest BCUT2D eigenvalue weighted by atomic mass is 16.3. The summed E-state index contributed by atoms with van der Waals surface area (Å²) in [5.74, 6) is 0. The van der Waals surface area contributed by atoms with Gasteiger partial charge in [-0.05, 0) is 12.8 Å². The smallest absolute Gasteiger partial charge is 0.0558 e. The van der Waals surface area contributed by atoms with E-state index in [1.807, 2.05) is 0 Å². The number of nitrogens with zero attached hydrogens (tertiary/aromatic N) is 1. The zero-order chi connectivity index (χ0) is 9.10. The third-order valence-corrected chi connectivity index (χ3v) is 3.39. The van der Waals surface area contributed by atoms with Gasteiger partial charge in [-0.2, -0.15) is 0 Å². The SMILES string of the molecule is OCCN1CCN[C@@H]2CCCC[C@H]21. The molecule has 2 atom stereocenters. The summed E-state index contributed by atoms with van der Waals surface area (Å²) in [5, 5.41) is 12.5. The molecule has 0 aromatic heterocycles. The molecule has 1 heterocycles. The minimum Gasteiger partial charge on any atom is -0.395 e. The van der Waals surface area contributed by atoms with E-state index in [2.05, 4.69) is 10.2 Å². The molecule has 1 aliphatic carbocycles. The van der Waals surface area contributed by atoms with Crippen LogP contribution in [0.4, 0.5) is 0 Å². The van der Waals surface area contributed by atoms with E-state index in [0.29, 0.717) is 18.7 Å². The summed E-state index contributed by atoms with van der Waals surface area (Å²) in [7, 11) is 0. The molecule has 0 unspecified atom stereocenters. The Balaban J connectivity index is 1.94. The second-order valence-corrected chi connectivity index (χ2v) is 4.17. The van der Waals surface area contributed by atoms with Gasteiger partial charge in [0.2, 0.25) is 0 Å². The van der Waals surface area contributed by atoms with Gasteiger partial charge in [-0.15, -0.1) is 0 Å². The lowest BCUT2D eigenvalue weighted by Crippen LogP contribution is -2.59. The van der Waals surface area contributed by atoms with Crippen LogP contribution < -0.4 is 5.32 Å². The molecule has 3 nitrogen and oxygen atoms in total. The quantitative estimate of drug-likeness (QED) is 0.643. The van der Waals surface area contributed by atoms with Crippen molar-refractivity contribution in [2.75, 3.05) is 26.2 Å². The van der Waals surface area contributed by atoms with Crippen LogP contribution in [0.25, 0.3) is 0 Å². The molecular formula is C10H20N2O. The summed E-state index contributed by atoms with van der Waals surface area (Å²) in [6.07, 6.45) is 5.39. The van der Waals surface area contributed by atoms with E-state index in [1.54, 1.807) is 0 Å². The Labute approximate surface area is 80.1 Å². The normalized spacial score (nSPS) is 35.8. The standard InChI is InChI=1S/C10H20N2O/c13-8-7-12-6-5-11-9-3-1-2-4-10(9)12/h9-11,13H,1-8H2/t9-,10-/m1/s1. The average molecular weight is 184 g/mol. The van der Waals surface area contributed by atoms with E-state index in [0.717, 1.165) is 19.6 Å². The summed E-state index contributed by atoms with van der Waals surface area (Å²) in [6.45, 7) is 3.38. The van der Waals surface area contributed by atoms with Crippen molar-refractivity contribution in [2.45, 2.75) is 37.8 Å². The Hall–Kier alpha value is -0.120. The first kappa shape index (κ1) is 9.44. The van der Waals surface area contributed by atoms with E-state index in [9.17, 15) is 0 Å². The molecule has 0 spiro atoms. The molecule has 0 radical (unpaired) electrons. The molecule has 3 heteroatoms. The average Bonchev–Trinajstić information content (AvgIpc) is 2.19. The monoisotopic (exact) mass is 184 g/mol. The molecule has 2 aliphatic rings. The van der Waals surface area contributed by atoms with Crippen molar-refractivity contribution < 1.29 is 5.11 Å². The lowest BCUT2D eigenvalue weighted by atomic mass is 9.87. The Bertz CT molecular complexity index is 159. The minimum atomic E-state index is 0.309. The maximum atomic E-state index is 8.95. The van der Waals surface area contributed by atoms with Crippen LogP contribution in [0.15, 0.2) is 0 Å². The van der Waals surface area contributed by atoms with Crippen molar-refractivity contribution in [1.29, 1.82) is 0 Å². The fraction of sp³-hybridized carbons (Fsp3) is 1.00. The highest BCUT2D eigenvalue weighted by molar-refractivity contribution is 4.91. The highest BCUT2D eigenvalue weighted by Gasteiger charge is 2.32. The van der Waals surface area contributed by atoms with Crippen LogP contribution in [-0.2, 0) is 0 Å². The number of nitrogens with one attached hydrogen (secondary N) is 1. The van der Waals surface area contributed by atoms with E-state index in [-0.39, 0.29) is 0 Å². The first-order chi connectivity index (χ1) is 6.42. The summed E-state index contributed by atoms with van der Waals surface area (Å²) < 4.78 is 0. The zero-order valence-electron chi connectivity index (χ0n) is 8.21. The van der Waals surface area contributed by atoms with E-state index < -0.39 is 0 Å². The number of rotatable bonds is 2. The number of aliphatic hydroxyl groups is 1. The van der Waals surface area contributed by atoms with Crippen molar-refractivity contribution in [3.63, 3.8) is 0 Å². The number of piperazine rings is 1. The molecule has 2 rings (SSSR count). The fourth-order valence-corrected chi connectivity index (χ4v) is 2.75. The summed E-state index contributed by atoms with van der Waals surface area (Å²) >= 11 is 0. The maximum absolute atomic E-state index is 8.95. The highest BCUT2D eigenvalue weighted by Crippen LogP contribution is 2.24. The Morgan fingerprint density at radius 1 is 1.31 bits per heavy atom. The third-order valence-electron chi connectivity index (χ3n) is 3.39. The summed E-state index contributed by atoms with van der Waals surface area (Å²) in [4.78, 5) is 2.46. The molecule has 2 N–H and O–H groups in total. The van der Waals surface area contributed by atoms with E-state index >= 15 is 0 Å². The molecule has 1 aliphatic heterocycles. The van der Waals surface area contributed by atoms with Crippen LogP contribution >= 0.6 is 0 Å². The number of β-amino-alcohol motifs (C(OH)–C–C–N with tert-alkyl or cyclic N) is 1. The molecule has 0 aromatic rings. The van der Waals surface area contributed by atoms with Crippen molar-refractivity contribution in [3.05, 3.63) is 0 Å². The third kappa shape index (κ3) is 2.03. The van der Waals surface area contributed by atoms with Gasteiger partial charge in [0.25, 0.3) is 0 Å². The number of hydrogen-bond donors (Lipinski definition) is 2. The van der Waals surface area contributed by atoms with Crippen molar-refractivity contribution >= 4 is 0 Å². The Kier molecular flexibility index (Phi) is 3.19. The molecule has 76 valence electrons. The molecule has 0 amide bonds. The predicted octanol–water partition coefficient (Wildman–Crippen LogP) is 0.195. The number of fused-ring (bicyclic) bond motifs is 1. The van der Waals surface area contributed by atoms with E-state index in [1.165, 1.54) is 25.7 Å². The van der Waals surface area contributed by atoms with E-state index in [4.69, 9.17) is 5.11 Å². The van der Waals surface area contributed by atoms with Gasteiger partial charge in [-0.1, -0.05) is 12.8 Å². The minimum absolute atomic E-state index is 0.309. The largest absolute Gasteiger partial charge is 0.395 e. The molecule has 1 saturated heterocycles. The molecule has 13 heavy (non-hydrogen) atoms. The van der Waals surface area contributed by atoms with Gasteiger partial charge >= 0.3 is 0 Å². The van der Waals surface area contributed by atoms with Gasteiger partial charge in [0, 0.05) is 31.7 Å². The number of aliphatic hydroxyl groups excluding tert-OH is 1. The van der Waals surface area contributed by atoms with Crippen LogP contribution in [0.3, 0.4) is 0 Å². The summed E-state index contributed by atoms with van der Waals surface area (Å²) in [5.41, 5.74) is 0. The van der Waals surface area contributed by atoms with Crippen LogP contribution in [0.1, 0.15) is 25.7 Å². The fourth-order valence-electron chi connectivity index (χ4n) is 2.75. The van der Waals surface area contributed by atoms with Crippen LogP contribution in [0, 0.1) is 0 Å². The van der Waals surface area contributed by atoms with Crippen LogP contribution in [-0.4, -0.2) is 48.3 Å². The second-order valence-electron chi connectivity index (χ2n) is 4.17. The van der Waals surface area contributed by atoms with Crippen molar-refractivity contribution in [1.82, 2.24) is 10.2 Å². The Morgan fingerprint density at radius 2 is 2.15 bits per heavy atom. The van der Waals surface area contributed by atoms with Gasteiger partial charge in [-0.3, -0.25) is 4.90 Å². The molecule has 1 saturated carbocycles. The van der Waals surface area contributed by atoms with Crippen LogP contribution in [0.2, 0.25) is 0 Å². The molecular weight excluding hydrogens is 164 g/mol. The lowest BCUT2D eigenvalue weighted by Gasteiger charge is -2.44. The van der Waals surface area contributed by atoms with Gasteiger partial charge in [0.15, 0.2) is 0 Å². The first-order valence-corrected chi connectivity index (χ1v) is 5.50. The van der Waals surface area contributed by atoms with Gasteiger partial charge in [-0.25, -0.2) is 0 Å². The van der Waals surface area contributed by atoms with Gasteiger partial charge in [0.05, 0.1) is 6.61 Å². The second kappa shape index (κ2) is 4.40. The lowest BCUT2D eigenvalue weighted by molar-refractivity contribution is 0.0709. The van der Waals surface area contributed by atoms with Crippen LogP contribution in [0.5, 0.6) is 0 Å². The summed E-state index contributed by atoms with van der Waals surface area (Å²) in [6, 6.07) is 1.41. The molecule has 2 fully saturated rings. The zero-order valence-corrected chi connectivity index (χ0v) is 8.21. The molecule has 0 bridgehead atoms. The molecule has 0 aromatic carbocycles. The predicted molar refractivity (Wildman–Crippen MR) is 52.7 cm³/mol. The van der Waals surface area contributed by atoms with Gasteiger partial charge < -0.3 is 10.4 Å². The van der Waals surface area contributed by atoms with Gasteiger partial charge in [0.1, 0.15) is 0 Å². The first-order valence-electron chi connectivity index (χ1n) is 5.50. The Morgan fingerprint density at radius 3 is 3.00 bits per heavy atom. The topological polar surface area (TPSA) is 35.5 Å². The van der Waals surface area contributed by atoms with Crippen molar-refractivity contribution in [3.8, 4) is 0 Å². The number of hydrogen-bond acceptors (Lipinski definition) is 3. The van der Waals surface area contributed by atoms with Crippen molar-refractivity contribution in [2.24, 2.45) is 0 Å².